The molecule has 0 saturated heterocycles. The summed E-state index contributed by atoms with van der Waals surface area (Å²) in [6.45, 7) is 2.55. The molecule has 6 nitrogen and oxygen atoms in total. The molecule has 0 spiro atoms. The highest BCUT2D eigenvalue weighted by molar-refractivity contribution is 7.93. The maximum Gasteiger partial charge on any atom is 0.263 e. The van der Waals surface area contributed by atoms with Crippen molar-refractivity contribution >= 4 is 26.5 Å². The average molecular weight is 317 g/mol. The van der Waals surface area contributed by atoms with Gasteiger partial charge in [-0.15, -0.1) is 10.2 Å². The number of aliphatic hydroxyl groups is 1. The van der Waals surface area contributed by atoms with E-state index < -0.39 is 22.4 Å². The first-order chi connectivity index (χ1) is 9.33. The lowest BCUT2D eigenvalue weighted by Crippen LogP contribution is -2.14. The molecule has 0 fully saturated rings. The predicted molar refractivity (Wildman–Crippen MR) is 72.5 cm³/mol. The summed E-state index contributed by atoms with van der Waals surface area (Å²) in [5.41, 5.74) is 0.0733. The van der Waals surface area contributed by atoms with E-state index in [0.29, 0.717) is 5.01 Å². The maximum absolute atomic E-state index is 13.6. The molecule has 1 aromatic heterocycles. The number of benzene rings is 1. The third kappa shape index (κ3) is 2.94. The topological polar surface area (TPSA) is 92.2 Å². The molecule has 108 valence electrons. The van der Waals surface area contributed by atoms with Gasteiger partial charge in [0.2, 0.25) is 5.13 Å². The average Bonchev–Trinajstić information content (AvgIpc) is 2.77. The molecule has 0 aliphatic rings. The Morgan fingerprint density at radius 2 is 2.05 bits per heavy atom. The molecule has 0 bridgehead atoms. The molecular weight excluding hydrogens is 305 g/mol. The van der Waals surface area contributed by atoms with Gasteiger partial charge >= 0.3 is 0 Å². The fourth-order valence-electron chi connectivity index (χ4n) is 1.59. The van der Waals surface area contributed by atoms with Gasteiger partial charge in [0.1, 0.15) is 10.8 Å². The second-order valence-corrected chi connectivity index (χ2v) is 6.97. The zero-order valence-corrected chi connectivity index (χ0v) is 12.3. The van der Waals surface area contributed by atoms with Crippen LogP contribution in [0.3, 0.4) is 0 Å². The molecule has 2 aromatic rings. The standard InChI is InChI=1S/C11H12FN3O3S2/c1-6-3-9(4-8(5-16)10(6)12)20(17,18)15-11-14-13-7(2)19-11/h3-4,16H,5H2,1-2H3,(H,14,15). The minimum absolute atomic E-state index is 0.0705. The third-order valence-electron chi connectivity index (χ3n) is 2.53. The van der Waals surface area contributed by atoms with Crippen LogP contribution in [0.2, 0.25) is 0 Å². The molecule has 20 heavy (non-hydrogen) atoms. The number of nitrogens with zero attached hydrogens (tertiary/aromatic N) is 2. The van der Waals surface area contributed by atoms with E-state index in [2.05, 4.69) is 14.9 Å². The maximum atomic E-state index is 13.6. The Balaban J connectivity index is 2.41. The third-order valence-corrected chi connectivity index (χ3v) is 4.73. The molecule has 0 atom stereocenters. The second-order valence-electron chi connectivity index (χ2n) is 4.10. The lowest BCUT2D eigenvalue weighted by molar-refractivity contribution is 0.275. The summed E-state index contributed by atoms with van der Waals surface area (Å²) in [4.78, 5) is -0.131. The molecule has 2 rings (SSSR count). The highest BCUT2D eigenvalue weighted by Crippen LogP contribution is 2.23. The van der Waals surface area contributed by atoms with E-state index in [1.165, 1.54) is 13.0 Å². The Bertz CT molecular complexity index is 743. The molecular formula is C11H12FN3O3S2. The molecule has 0 unspecified atom stereocenters. The van der Waals surface area contributed by atoms with Gasteiger partial charge in [-0.05, 0) is 31.5 Å². The van der Waals surface area contributed by atoms with Crippen molar-refractivity contribution in [1.29, 1.82) is 0 Å². The minimum Gasteiger partial charge on any atom is -0.392 e. The van der Waals surface area contributed by atoms with Gasteiger partial charge in [-0.2, -0.15) is 0 Å². The van der Waals surface area contributed by atoms with Crippen LogP contribution in [0.25, 0.3) is 0 Å². The first-order valence-corrected chi connectivity index (χ1v) is 7.86. The number of aryl methyl sites for hydroxylation is 2. The molecule has 2 N–H and O–H groups in total. The van der Waals surface area contributed by atoms with Gasteiger partial charge in [0.05, 0.1) is 11.5 Å². The van der Waals surface area contributed by atoms with Crippen LogP contribution in [-0.2, 0) is 16.6 Å². The van der Waals surface area contributed by atoms with Crippen molar-refractivity contribution in [2.45, 2.75) is 25.3 Å². The van der Waals surface area contributed by atoms with Crippen LogP contribution in [0.5, 0.6) is 0 Å². The summed E-state index contributed by atoms with van der Waals surface area (Å²) in [6.07, 6.45) is 0. The Morgan fingerprint density at radius 3 is 2.60 bits per heavy atom. The van der Waals surface area contributed by atoms with Crippen LogP contribution in [0.1, 0.15) is 16.1 Å². The SMILES string of the molecule is Cc1nnc(NS(=O)(=O)c2cc(C)c(F)c(CO)c2)s1. The zero-order chi connectivity index (χ0) is 14.9. The number of nitrogens with one attached hydrogen (secondary N) is 1. The van der Waals surface area contributed by atoms with Crippen molar-refractivity contribution < 1.29 is 17.9 Å². The van der Waals surface area contributed by atoms with Crippen LogP contribution in [0, 0.1) is 19.7 Å². The van der Waals surface area contributed by atoms with E-state index >= 15 is 0 Å². The van der Waals surface area contributed by atoms with E-state index in [4.69, 9.17) is 5.11 Å². The molecule has 0 aliphatic carbocycles. The molecule has 0 aliphatic heterocycles. The van der Waals surface area contributed by atoms with Gasteiger partial charge in [0.25, 0.3) is 10.0 Å². The lowest BCUT2D eigenvalue weighted by Gasteiger charge is -2.09. The van der Waals surface area contributed by atoms with Crippen LogP contribution < -0.4 is 4.72 Å². The van der Waals surface area contributed by atoms with Crippen molar-refractivity contribution in [3.05, 3.63) is 34.1 Å². The predicted octanol–water partition coefficient (Wildman–Crippen LogP) is 1.59. The van der Waals surface area contributed by atoms with E-state index in [1.807, 2.05) is 0 Å². The Kier molecular flexibility index (Phi) is 4.02. The van der Waals surface area contributed by atoms with Crippen molar-refractivity contribution in [1.82, 2.24) is 10.2 Å². The summed E-state index contributed by atoms with van der Waals surface area (Å²) in [5.74, 6) is -0.613. The number of rotatable bonds is 4. The number of aromatic nitrogens is 2. The Hall–Kier alpha value is -1.58. The number of halogens is 1. The zero-order valence-electron chi connectivity index (χ0n) is 10.7. The normalized spacial score (nSPS) is 11.6. The number of hydrogen-bond acceptors (Lipinski definition) is 6. The van der Waals surface area contributed by atoms with E-state index in [-0.39, 0.29) is 21.2 Å². The number of sulfonamides is 1. The molecule has 1 heterocycles. The van der Waals surface area contributed by atoms with Crippen molar-refractivity contribution in [2.75, 3.05) is 4.72 Å². The van der Waals surface area contributed by atoms with E-state index in [0.717, 1.165) is 17.4 Å². The van der Waals surface area contributed by atoms with Gasteiger partial charge in [0.15, 0.2) is 0 Å². The van der Waals surface area contributed by atoms with Crippen LogP contribution in [0.15, 0.2) is 17.0 Å². The fourth-order valence-corrected chi connectivity index (χ4v) is 3.55. The summed E-state index contributed by atoms with van der Waals surface area (Å²) >= 11 is 1.09. The molecule has 9 heteroatoms. The molecule has 0 saturated carbocycles. The quantitative estimate of drug-likeness (QED) is 0.893. The first-order valence-electron chi connectivity index (χ1n) is 5.56. The van der Waals surface area contributed by atoms with Gasteiger partial charge < -0.3 is 5.11 Å². The van der Waals surface area contributed by atoms with Crippen molar-refractivity contribution in [3.63, 3.8) is 0 Å². The second kappa shape index (κ2) is 5.43. The summed E-state index contributed by atoms with van der Waals surface area (Å²) in [7, 11) is -3.89. The van der Waals surface area contributed by atoms with Gasteiger partial charge in [-0.25, -0.2) is 12.8 Å². The van der Waals surface area contributed by atoms with Crippen LogP contribution >= 0.6 is 11.3 Å². The molecule has 1 aromatic carbocycles. The van der Waals surface area contributed by atoms with Crippen molar-refractivity contribution in [3.8, 4) is 0 Å². The van der Waals surface area contributed by atoms with E-state index in [9.17, 15) is 12.8 Å². The summed E-state index contributed by atoms with van der Waals surface area (Å²) < 4.78 is 40.2. The van der Waals surface area contributed by atoms with Gasteiger partial charge in [-0.3, -0.25) is 4.72 Å². The Labute approximate surface area is 119 Å². The van der Waals surface area contributed by atoms with E-state index in [1.54, 1.807) is 6.92 Å². The largest absolute Gasteiger partial charge is 0.392 e. The highest BCUT2D eigenvalue weighted by atomic mass is 32.2. The lowest BCUT2D eigenvalue weighted by atomic mass is 10.1. The highest BCUT2D eigenvalue weighted by Gasteiger charge is 2.19. The van der Waals surface area contributed by atoms with Crippen LogP contribution in [-0.4, -0.2) is 23.7 Å². The van der Waals surface area contributed by atoms with Crippen molar-refractivity contribution in [2.24, 2.45) is 0 Å². The number of aliphatic hydroxyl groups excluding tert-OH is 1. The number of hydrogen-bond donors (Lipinski definition) is 2. The summed E-state index contributed by atoms with van der Waals surface area (Å²) in [6, 6.07) is 2.29. The minimum atomic E-state index is -3.89. The fraction of sp³-hybridized carbons (Fsp3) is 0.273. The summed E-state index contributed by atoms with van der Waals surface area (Å²) in [5, 5.41) is 17.2. The molecule has 0 amide bonds. The number of anilines is 1. The Morgan fingerprint density at radius 1 is 1.35 bits per heavy atom. The smallest absolute Gasteiger partial charge is 0.263 e. The van der Waals surface area contributed by atoms with Crippen LogP contribution in [0.4, 0.5) is 9.52 Å². The van der Waals surface area contributed by atoms with Gasteiger partial charge in [0, 0.05) is 5.56 Å². The van der Waals surface area contributed by atoms with Gasteiger partial charge in [-0.1, -0.05) is 11.3 Å². The molecule has 0 radical (unpaired) electrons. The first kappa shape index (κ1) is 14.8. The monoisotopic (exact) mass is 317 g/mol.